The summed E-state index contributed by atoms with van der Waals surface area (Å²) in [5.41, 5.74) is 2.79. The minimum Gasteiger partial charge on any atom is -0.372 e. The zero-order valence-corrected chi connectivity index (χ0v) is 16.0. The first kappa shape index (κ1) is 18.3. The molecule has 2 N–H and O–H groups in total. The van der Waals surface area contributed by atoms with Gasteiger partial charge >= 0.3 is 0 Å². The summed E-state index contributed by atoms with van der Waals surface area (Å²) in [6, 6.07) is 18.9. The van der Waals surface area contributed by atoms with Crippen LogP contribution in [0.1, 0.15) is 32.3 Å². The van der Waals surface area contributed by atoms with Crippen LogP contribution in [0.5, 0.6) is 0 Å². The van der Waals surface area contributed by atoms with E-state index in [0.717, 1.165) is 31.6 Å². The highest BCUT2D eigenvalue weighted by Gasteiger charge is 2.30. The molecule has 138 valence electrons. The Kier molecular flexibility index (Phi) is 5.50. The highest BCUT2D eigenvalue weighted by molar-refractivity contribution is 5.88. The molecule has 0 atom stereocenters. The summed E-state index contributed by atoms with van der Waals surface area (Å²) in [6.45, 7) is 7.87. The Hall–Kier alpha value is -2.49. The van der Waals surface area contributed by atoms with Crippen LogP contribution in [0.3, 0.4) is 0 Å². The molecule has 3 rings (SSSR count). The molecule has 1 aliphatic rings. The van der Waals surface area contributed by atoms with Crippen LogP contribution >= 0.6 is 0 Å². The number of hydrogen-bond acceptors (Lipinski definition) is 3. The summed E-state index contributed by atoms with van der Waals surface area (Å²) in [6.07, 6.45) is 1.95. The fourth-order valence-electron chi connectivity index (χ4n) is 3.34. The topological polar surface area (TPSA) is 44.4 Å². The second-order valence-electron chi connectivity index (χ2n) is 7.69. The molecule has 1 aliphatic heterocycles. The number of benzene rings is 2. The summed E-state index contributed by atoms with van der Waals surface area (Å²) in [7, 11) is 0. The summed E-state index contributed by atoms with van der Waals surface area (Å²) in [5.74, 6) is 0.0521. The maximum atomic E-state index is 12.8. The molecule has 4 heteroatoms. The van der Waals surface area contributed by atoms with Crippen molar-refractivity contribution in [1.29, 1.82) is 0 Å². The van der Waals surface area contributed by atoms with Crippen molar-refractivity contribution in [3.8, 4) is 0 Å². The van der Waals surface area contributed by atoms with Gasteiger partial charge in [0.2, 0.25) is 5.91 Å². The van der Waals surface area contributed by atoms with Crippen molar-refractivity contribution >= 4 is 17.3 Å². The molecule has 2 aromatic carbocycles. The third-order valence-corrected chi connectivity index (χ3v) is 5.03. The third-order valence-electron chi connectivity index (χ3n) is 5.03. The molecule has 0 spiro atoms. The first-order valence-corrected chi connectivity index (χ1v) is 9.40. The van der Waals surface area contributed by atoms with Gasteiger partial charge in [-0.1, -0.05) is 35.9 Å². The lowest BCUT2D eigenvalue weighted by atomic mass is 9.99. The molecule has 0 unspecified atom stereocenters. The molecule has 4 nitrogen and oxygen atoms in total. The molecular formula is C22H29N3O. The molecule has 0 radical (unpaired) electrons. The van der Waals surface area contributed by atoms with Crippen LogP contribution in [-0.2, 0) is 4.79 Å². The highest BCUT2D eigenvalue weighted by Crippen LogP contribution is 2.21. The van der Waals surface area contributed by atoms with Crippen LogP contribution in [-0.4, -0.2) is 30.6 Å². The molecular weight excluding hydrogens is 322 g/mol. The van der Waals surface area contributed by atoms with E-state index in [1.165, 1.54) is 11.3 Å². The SMILES string of the molecule is Cc1ccc(NC(C)(C)C(=O)NC2CCN(c3ccccc3)CC2)cc1. The van der Waals surface area contributed by atoms with Crippen molar-refractivity contribution in [2.75, 3.05) is 23.3 Å². The molecule has 1 fully saturated rings. The van der Waals surface area contributed by atoms with Crippen molar-refractivity contribution < 1.29 is 4.79 Å². The first-order chi connectivity index (χ1) is 12.4. The van der Waals surface area contributed by atoms with Gasteiger partial charge in [0, 0.05) is 30.5 Å². The van der Waals surface area contributed by atoms with Gasteiger partial charge in [-0.2, -0.15) is 0 Å². The Bertz CT molecular complexity index is 717. The van der Waals surface area contributed by atoms with Crippen LogP contribution in [0, 0.1) is 6.92 Å². The molecule has 0 aromatic heterocycles. The lowest BCUT2D eigenvalue weighted by Gasteiger charge is -2.36. The van der Waals surface area contributed by atoms with Gasteiger partial charge in [-0.3, -0.25) is 4.79 Å². The predicted molar refractivity (Wildman–Crippen MR) is 109 cm³/mol. The Labute approximate surface area is 156 Å². The fraction of sp³-hybridized carbons (Fsp3) is 0.409. The average Bonchev–Trinajstić information content (AvgIpc) is 2.65. The normalized spacial score (nSPS) is 15.6. The summed E-state index contributed by atoms with van der Waals surface area (Å²) < 4.78 is 0. The minimum absolute atomic E-state index is 0.0521. The maximum Gasteiger partial charge on any atom is 0.245 e. The van der Waals surface area contributed by atoms with E-state index in [2.05, 4.69) is 58.9 Å². The average molecular weight is 351 g/mol. The highest BCUT2D eigenvalue weighted by atomic mass is 16.2. The monoisotopic (exact) mass is 351 g/mol. The number of para-hydroxylation sites is 1. The lowest BCUT2D eigenvalue weighted by Crippen LogP contribution is -2.53. The zero-order valence-electron chi connectivity index (χ0n) is 16.0. The molecule has 1 saturated heterocycles. The van der Waals surface area contributed by atoms with Crippen LogP contribution in [0.15, 0.2) is 54.6 Å². The second kappa shape index (κ2) is 7.81. The van der Waals surface area contributed by atoms with Gasteiger partial charge in [-0.05, 0) is 57.9 Å². The van der Waals surface area contributed by atoms with Crippen molar-refractivity contribution in [2.45, 2.75) is 45.2 Å². The Morgan fingerprint density at radius 1 is 1.00 bits per heavy atom. The van der Waals surface area contributed by atoms with Gasteiger partial charge in [0.05, 0.1) is 0 Å². The molecule has 26 heavy (non-hydrogen) atoms. The number of carbonyl (C=O) groups excluding carboxylic acids is 1. The smallest absolute Gasteiger partial charge is 0.245 e. The van der Waals surface area contributed by atoms with Crippen LogP contribution < -0.4 is 15.5 Å². The van der Waals surface area contributed by atoms with Crippen molar-refractivity contribution in [2.24, 2.45) is 0 Å². The number of piperidine rings is 1. The van der Waals surface area contributed by atoms with E-state index >= 15 is 0 Å². The lowest BCUT2D eigenvalue weighted by molar-refractivity contribution is -0.125. The number of hydrogen-bond donors (Lipinski definition) is 2. The molecule has 1 amide bonds. The Morgan fingerprint density at radius 2 is 1.62 bits per heavy atom. The summed E-state index contributed by atoms with van der Waals surface area (Å²) >= 11 is 0. The zero-order chi connectivity index (χ0) is 18.6. The molecule has 0 saturated carbocycles. The number of rotatable bonds is 5. The molecule has 0 aliphatic carbocycles. The largest absolute Gasteiger partial charge is 0.372 e. The number of nitrogens with zero attached hydrogens (tertiary/aromatic N) is 1. The van der Waals surface area contributed by atoms with E-state index in [4.69, 9.17) is 0 Å². The minimum atomic E-state index is -0.647. The molecule has 1 heterocycles. The van der Waals surface area contributed by atoms with Gasteiger partial charge in [-0.25, -0.2) is 0 Å². The van der Waals surface area contributed by atoms with E-state index in [9.17, 15) is 4.79 Å². The Balaban J connectivity index is 1.52. The van der Waals surface area contributed by atoms with E-state index in [1.54, 1.807) is 0 Å². The second-order valence-corrected chi connectivity index (χ2v) is 7.69. The number of amides is 1. The van der Waals surface area contributed by atoms with Crippen molar-refractivity contribution in [3.63, 3.8) is 0 Å². The summed E-state index contributed by atoms with van der Waals surface area (Å²) in [4.78, 5) is 15.2. The number of carbonyl (C=O) groups is 1. The number of anilines is 2. The van der Waals surface area contributed by atoms with Crippen LogP contribution in [0.25, 0.3) is 0 Å². The first-order valence-electron chi connectivity index (χ1n) is 9.40. The van der Waals surface area contributed by atoms with E-state index < -0.39 is 5.54 Å². The van der Waals surface area contributed by atoms with Gasteiger partial charge in [0.15, 0.2) is 0 Å². The predicted octanol–water partition coefficient (Wildman–Crippen LogP) is 3.97. The van der Waals surface area contributed by atoms with E-state index in [1.807, 2.05) is 32.0 Å². The Morgan fingerprint density at radius 3 is 2.23 bits per heavy atom. The van der Waals surface area contributed by atoms with Gasteiger partial charge in [0.1, 0.15) is 5.54 Å². The van der Waals surface area contributed by atoms with Crippen molar-refractivity contribution in [1.82, 2.24) is 5.32 Å². The van der Waals surface area contributed by atoms with Gasteiger partial charge in [0.25, 0.3) is 0 Å². The van der Waals surface area contributed by atoms with E-state index in [0.29, 0.717) is 0 Å². The summed E-state index contributed by atoms with van der Waals surface area (Å²) in [5, 5.41) is 6.58. The fourth-order valence-corrected chi connectivity index (χ4v) is 3.34. The van der Waals surface area contributed by atoms with Crippen LogP contribution in [0.4, 0.5) is 11.4 Å². The standard InChI is InChI=1S/C22H29N3O/c1-17-9-11-19(12-10-17)24-22(2,3)21(26)23-18-13-15-25(16-14-18)20-7-5-4-6-8-20/h4-12,18,24H,13-16H2,1-3H3,(H,23,26). The van der Waals surface area contributed by atoms with Crippen molar-refractivity contribution in [3.05, 3.63) is 60.2 Å². The molecule has 2 aromatic rings. The van der Waals surface area contributed by atoms with Crippen LogP contribution in [0.2, 0.25) is 0 Å². The van der Waals surface area contributed by atoms with Gasteiger partial charge in [-0.15, -0.1) is 0 Å². The van der Waals surface area contributed by atoms with E-state index in [-0.39, 0.29) is 11.9 Å². The molecule has 0 bridgehead atoms. The number of nitrogens with one attached hydrogen (secondary N) is 2. The van der Waals surface area contributed by atoms with Gasteiger partial charge < -0.3 is 15.5 Å². The quantitative estimate of drug-likeness (QED) is 0.857. The number of aryl methyl sites for hydroxylation is 1. The maximum absolute atomic E-state index is 12.8. The third kappa shape index (κ3) is 4.57.